The third-order valence-electron chi connectivity index (χ3n) is 2.92. The number of amides is 1. The molecular weight excluding hydrogens is 314 g/mol. The predicted octanol–water partition coefficient (Wildman–Crippen LogP) is 4.87. The van der Waals surface area contributed by atoms with Crippen molar-refractivity contribution in [3.05, 3.63) is 57.6 Å². The summed E-state index contributed by atoms with van der Waals surface area (Å²) < 4.78 is 0.821. The van der Waals surface area contributed by atoms with Gasteiger partial charge in [0.25, 0.3) is 5.91 Å². The number of benzene rings is 1. The topological polar surface area (TPSA) is 29.1 Å². The molecule has 0 aliphatic rings. The fraction of sp³-hybridized carbons (Fsp3) is 0.353. The van der Waals surface area contributed by atoms with Crippen LogP contribution in [-0.4, -0.2) is 12.5 Å². The van der Waals surface area contributed by atoms with Crippen molar-refractivity contribution in [1.82, 2.24) is 5.32 Å². The van der Waals surface area contributed by atoms with Gasteiger partial charge in [0.15, 0.2) is 0 Å². The van der Waals surface area contributed by atoms with E-state index in [9.17, 15) is 4.79 Å². The van der Waals surface area contributed by atoms with Gasteiger partial charge in [-0.3, -0.25) is 4.79 Å². The average Bonchev–Trinajstić information content (AvgIpc) is 2.38. The Morgan fingerprint density at radius 3 is 2.55 bits per heavy atom. The zero-order valence-corrected chi connectivity index (χ0v) is 14.0. The number of carbonyl (C=O) groups is 1. The molecule has 0 saturated carbocycles. The Bertz CT molecular complexity index is 513. The Kier molecular flexibility index (Phi) is 7.31. The van der Waals surface area contributed by atoms with Gasteiger partial charge in [-0.2, -0.15) is 0 Å². The van der Waals surface area contributed by atoms with Gasteiger partial charge < -0.3 is 5.32 Å². The summed E-state index contributed by atoms with van der Waals surface area (Å²) in [6.45, 7) is 6.89. The third-order valence-corrected chi connectivity index (χ3v) is 3.61. The van der Waals surface area contributed by atoms with Crippen molar-refractivity contribution in [1.29, 1.82) is 0 Å². The lowest BCUT2D eigenvalue weighted by atomic mass is 10.1. The molecule has 0 heterocycles. The maximum absolute atomic E-state index is 12.0. The van der Waals surface area contributed by atoms with Crippen LogP contribution in [-0.2, 0) is 0 Å². The van der Waals surface area contributed by atoms with Gasteiger partial charge in [-0.05, 0) is 61.7 Å². The van der Waals surface area contributed by atoms with Crippen molar-refractivity contribution in [2.75, 3.05) is 6.54 Å². The summed E-state index contributed by atoms with van der Waals surface area (Å²) in [5.41, 5.74) is 3.32. The SMILES string of the molecule is CC(C)=CCC/C(C)=C/CNC(=O)c1ccccc1Br. The van der Waals surface area contributed by atoms with Crippen LogP contribution >= 0.6 is 15.9 Å². The number of carbonyl (C=O) groups excluding carboxylic acids is 1. The molecule has 0 saturated heterocycles. The summed E-state index contributed by atoms with van der Waals surface area (Å²) >= 11 is 3.38. The van der Waals surface area contributed by atoms with E-state index in [0.717, 1.165) is 17.3 Å². The maximum Gasteiger partial charge on any atom is 0.252 e. The summed E-state index contributed by atoms with van der Waals surface area (Å²) in [5.74, 6) is -0.0502. The summed E-state index contributed by atoms with van der Waals surface area (Å²) in [5, 5.41) is 2.91. The highest BCUT2D eigenvalue weighted by atomic mass is 79.9. The third kappa shape index (κ3) is 6.20. The highest BCUT2D eigenvalue weighted by Crippen LogP contribution is 2.15. The van der Waals surface area contributed by atoms with Crippen molar-refractivity contribution in [3.63, 3.8) is 0 Å². The van der Waals surface area contributed by atoms with Gasteiger partial charge in [-0.25, -0.2) is 0 Å². The van der Waals surface area contributed by atoms with Crippen LogP contribution in [0.25, 0.3) is 0 Å². The van der Waals surface area contributed by atoms with Crippen molar-refractivity contribution >= 4 is 21.8 Å². The number of halogens is 1. The molecule has 20 heavy (non-hydrogen) atoms. The Hall–Kier alpha value is -1.35. The highest BCUT2D eigenvalue weighted by Gasteiger charge is 2.07. The molecule has 0 unspecified atom stereocenters. The Morgan fingerprint density at radius 1 is 1.20 bits per heavy atom. The van der Waals surface area contributed by atoms with Crippen LogP contribution in [0, 0.1) is 0 Å². The first-order valence-corrected chi connectivity index (χ1v) is 7.61. The molecule has 0 aromatic heterocycles. The molecule has 2 nitrogen and oxygen atoms in total. The molecule has 0 fully saturated rings. The molecule has 0 radical (unpaired) electrons. The van der Waals surface area contributed by atoms with Crippen molar-refractivity contribution in [3.8, 4) is 0 Å². The Balaban J connectivity index is 2.42. The second kappa shape index (κ2) is 8.75. The molecule has 3 heteroatoms. The second-order valence-electron chi connectivity index (χ2n) is 5.06. The van der Waals surface area contributed by atoms with Crippen LogP contribution in [0.15, 0.2) is 52.0 Å². The highest BCUT2D eigenvalue weighted by molar-refractivity contribution is 9.10. The fourth-order valence-corrected chi connectivity index (χ4v) is 2.21. The Labute approximate surface area is 130 Å². The number of nitrogens with one attached hydrogen (secondary N) is 1. The van der Waals surface area contributed by atoms with Crippen molar-refractivity contribution < 1.29 is 4.79 Å². The standard InChI is InChI=1S/C17H22BrNO/c1-13(2)7-6-8-14(3)11-12-19-17(20)15-9-4-5-10-16(15)18/h4-5,7,9-11H,6,8,12H2,1-3H3,(H,19,20)/b14-11+. The van der Waals surface area contributed by atoms with Gasteiger partial charge in [-0.15, -0.1) is 0 Å². The minimum atomic E-state index is -0.0502. The lowest BCUT2D eigenvalue weighted by Crippen LogP contribution is -2.23. The van der Waals surface area contributed by atoms with Gasteiger partial charge in [-0.1, -0.05) is 35.4 Å². The largest absolute Gasteiger partial charge is 0.349 e. The smallest absolute Gasteiger partial charge is 0.252 e. The molecule has 1 rings (SSSR count). The summed E-state index contributed by atoms with van der Waals surface area (Å²) in [6.07, 6.45) is 6.41. The van der Waals surface area contributed by atoms with Crippen LogP contribution in [0.5, 0.6) is 0 Å². The van der Waals surface area contributed by atoms with Crippen LogP contribution < -0.4 is 5.32 Å². The van der Waals surface area contributed by atoms with Gasteiger partial charge in [0.1, 0.15) is 0 Å². The van der Waals surface area contributed by atoms with Gasteiger partial charge in [0.05, 0.1) is 5.56 Å². The van der Waals surface area contributed by atoms with E-state index < -0.39 is 0 Å². The van der Waals surface area contributed by atoms with E-state index in [-0.39, 0.29) is 5.91 Å². The first-order chi connectivity index (χ1) is 9.50. The fourth-order valence-electron chi connectivity index (χ4n) is 1.75. The molecule has 0 atom stereocenters. The van der Waals surface area contributed by atoms with E-state index >= 15 is 0 Å². The van der Waals surface area contributed by atoms with Crippen LogP contribution in [0.2, 0.25) is 0 Å². The van der Waals surface area contributed by atoms with Crippen LogP contribution in [0.4, 0.5) is 0 Å². The zero-order chi connectivity index (χ0) is 15.0. The molecule has 1 amide bonds. The zero-order valence-electron chi connectivity index (χ0n) is 12.4. The molecular formula is C17H22BrNO. The molecule has 1 aromatic rings. The number of hydrogen-bond acceptors (Lipinski definition) is 1. The maximum atomic E-state index is 12.0. The quantitative estimate of drug-likeness (QED) is 0.738. The molecule has 0 spiro atoms. The molecule has 0 aliphatic carbocycles. The van der Waals surface area contributed by atoms with E-state index in [2.05, 4.69) is 54.2 Å². The molecule has 108 valence electrons. The molecule has 1 N–H and O–H groups in total. The van der Waals surface area contributed by atoms with Crippen molar-refractivity contribution in [2.24, 2.45) is 0 Å². The molecule has 0 aliphatic heterocycles. The van der Waals surface area contributed by atoms with E-state index in [1.165, 1.54) is 11.1 Å². The average molecular weight is 336 g/mol. The van der Waals surface area contributed by atoms with Gasteiger partial charge >= 0.3 is 0 Å². The van der Waals surface area contributed by atoms with Gasteiger partial charge in [0, 0.05) is 11.0 Å². The lowest BCUT2D eigenvalue weighted by molar-refractivity contribution is 0.0957. The second-order valence-corrected chi connectivity index (χ2v) is 5.91. The summed E-state index contributed by atoms with van der Waals surface area (Å²) in [6, 6.07) is 7.44. The molecule has 1 aromatic carbocycles. The van der Waals surface area contributed by atoms with E-state index in [1.807, 2.05) is 24.3 Å². The predicted molar refractivity (Wildman–Crippen MR) is 88.9 cm³/mol. The number of allylic oxidation sites excluding steroid dienone is 3. The first kappa shape index (κ1) is 16.7. The number of rotatable bonds is 6. The van der Waals surface area contributed by atoms with E-state index in [0.29, 0.717) is 12.1 Å². The van der Waals surface area contributed by atoms with Crippen LogP contribution in [0.1, 0.15) is 44.0 Å². The van der Waals surface area contributed by atoms with E-state index in [4.69, 9.17) is 0 Å². The van der Waals surface area contributed by atoms with Gasteiger partial charge in [0.2, 0.25) is 0 Å². The minimum absolute atomic E-state index is 0.0502. The molecule has 0 bridgehead atoms. The minimum Gasteiger partial charge on any atom is -0.349 e. The first-order valence-electron chi connectivity index (χ1n) is 6.82. The van der Waals surface area contributed by atoms with Crippen LogP contribution in [0.3, 0.4) is 0 Å². The van der Waals surface area contributed by atoms with E-state index in [1.54, 1.807) is 0 Å². The Morgan fingerprint density at radius 2 is 1.90 bits per heavy atom. The summed E-state index contributed by atoms with van der Waals surface area (Å²) in [7, 11) is 0. The lowest BCUT2D eigenvalue weighted by Gasteiger charge is -2.05. The number of hydrogen-bond donors (Lipinski definition) is 1. The monoisotopic (exact) mass is 335 g/mol. The normalized spacial score (nSPS) is 11.1. The summed E-state index contributed by atoms with van der Waals surface area (Å²) in [4.78, 5) is 12.0. The van der Waals surface area contributed by atoms with Crippen molar-refractivity contribution in [2.45, 2.75) is 33.6 Å².